The fraction of sp³-hybridized carbons (Fsp3) is 1.00. The molecule has 82 valence electrons. The average molecular weight is 237 g/mol. The summed E-state index contributed by atoms with van der Waals surface area (Å²) in [5.41, 5.74) is 4.21. The quantitative estimate of drug-likeness (QED) is 0.635. The van der Waals surface area contributed by atoms with E-state index in [4.69, 9.17) is 5.73 Å². The number of sulfone groups is 1. The van der Waals surface area contributed by atoms with Gasteiger partial charge in [-0.1, -0.05) is 0 Å². The van der Waals surface area contributed by atoms with Crippen LogP contribution < -0.4 is 5.73 Å². The highest BCUT2D eigenvalue weighted by Gasteiger charge is 2.55. The molecule has 0 aromatic heterocycles. The molecule has 2 aliphatic rings. The van der Waals surface area contributed by atoms with Gasteiger partial charge in [-0.2, -0.15) is 11.8 Å². The molecule has 2 fully saturated rings. The van der Waals surface area contributed by atoms with Gasteiger partial charge in [-0.25, -0.2) is 8.42 Å². The first-order valence-electron chi connectivity index (χ1n) is 4.66. The Bertz CT molecular complexity index is 334. The third kappa shape index (κ3) is 1.58. The van der Waals surface area contributed by atoms with Crippen LogP contribution in [-0.4, -0.2) is 47.7 Å². The molecule has 14 heavy (non-hydrogen) atoms. The molecule has 6 heteroatoms. The average Bonchev–Trinajstić information content (AvgIpc) is 2.59. The van der Waals surface area contributed by atoms with Gasteiger partial charge in [0.1, 0.15) is 0 Å². The smallest absolute Gasteiger partial charge is 0.153 e. The Hall–Kier alpha value is 0.220. The molecule has 4 nitrogen and oxygen atoms in total. The van der Waals surface area contributed by atoms with E-state index in [0.717, 1.165) is 5.75 Å². The van der Waals surface area contributed by atoms with Crippen molar-refractivity contribution in [3.8, 4) is 0 Å². The molecule has 2 aliphatic heterocycles. The third-order valence-electron chi connectivity index (χ3n) is 3.26. The fourth-order valence-electron chi connectivity index (χ4n) is 2.17. The normalized spacial score (nSPS) is 47.0. The van der Waals surface area contributed by atoms with Gasteiger partial charge in [-0.3, -0.25) is 0 Å². The van der Waals surface area contributed by atoms with Crippen LogP contribution in [-0.2, 0) is 9.84 Å². The van der Waals surface area contributed by atoms with E-state index in [1.54, 1.807) is 11.8 Å². The Kier molecular flexibility index (Phi) is 2.38. The first kappa shape index (κ1) is 10.7. The van der Waals surface area contributed by atoms with E-state index >= 15 is 0 Å². The zero-order valence-electron chi connectivity index (χ0n) is 7.90. The van der Waals surface area contributed by atoms with Gasteiger partial charge in [0.05, 0.1) is 22.6 Å². The van der Waals surface area contributed by atoms with Gasteiger partial charge in [0, 0.05) is 5.75 Å². The predicted octanol–water partition coefficient (Wildman–Crippen LogP) is -0.630. The molecule has 0 radical (unpaired) electrons. The van der Waals surface area contributed by atoms with Crippen LogP contribution in [0.25, 0.3) is 0 Å². The molecular weight excluding hydrogens is 222 g/mol. The minimum atomic E-state index is -3.07. The topological polar surface area (TPSA) is 80.4 Å². The third-order valence-corrected chi connectivity index (χ3v) is 6.22. The van der Waals surface area contributed by atoms with Crippen LogP contribution in [0, 0.1) is 0 Å². The molecule has 2 rings (SSSR count). The number of nitrogens with two attached hydrogens (primary N) is 1. The van der Waals surface area contributed by atoms with Crippen molar-refractivity contribution >= 4 is 21.6 Å². The van der Waals surface area contributed by atoms with Gasteiger partial charge in [0.2, 0.25) is 0 Å². The molecule has 2 atom stereocenters. The van der Waals surface area contributed by atoms with E-state index in [2.05, 4.69) is 0 Å². The molecular formula is C8H15NO3S2. The molecule has 0 aromatic rings. The highest BCUT2D eigenvalue weighted by molar-refractivity contribution is 7.99. The van der Waals surface area contributed by atoms with E-state index < -0.39 is 21.0 Å². The Morgan fingerprint density at radius 3 is 2.50 bits per heavy atom. The van der Waals surface area contributed by atoms with Gasteiger partial charge < -0.3 is 10.8 Å². The number of hydrogen-bond donors (Lipinski definition) is 2. The molecule has 0 aromatic carbocycles. The predicted molar refractivity (Wildman–Crippen MR) is 57.1 cm³/mol. The lowest BCUT2D eigenvalue weighted by Crippen LogP contribution is -2.61. The first-order valence-corrected chi connectivity index (χ1v) is 7.64. The maximum absolute atomic E-state index is 11.3. The summed E-state index contributed by atoms with van der Waals surface area (Å²) in [4.78, 5) is 0. The second-order valence-corrected chi connectivity index (χ2v) is 7.62. The van der Waals surface area contributed by atoms with Gasteiger partial charge in [0.15, 0.2) is 9.84 Å². The molecule has 0 amide bonds. The van der Waals surface area contributed by atoms with Crippen molar-refractivity contribution in [2.75, 3.05) is 23.0 Å². The summed E-state index contributed by atoms with van der Waals surface area (Å²) in [7, 11) is -3.07. The minimum Gasteiger partial charge on any atom is -0.387 e. The van der Waals surface area contributed by atoms with Gasteiger partial charge >= 0.3 is 0 Å². The second kappa shape index (κ2) is 3.10. The minimum absolute atomic E-state index is 0.0765. The highest BCUT2D eigenvalue weighted by Crippen LogP contribution is 2.40. The van der Waals surface area contributed by atoms with E-state index in [1.165, 1.54) is 0 Å². The standard InChI is InChI=1S/C8H15NO3S2/c9-7(1-3-13-5-7)8(10)2-4-14(11,12)6-8/h10H,1-6,9H2. The Labute approximate surface area is 88.2 Å². The SMILES string of the molecule is NC1(C2(O)CCS(=O)(=O)C2)CCSC1. The van der Waals surface area contributed by atoms with Crippen LogP contribution >= 0.6 is 11.8 Å². The Balaban J connectivity index is 2.25. The number of hydrogen-bond acceptors (Lipinski definition) is 5. The van der Waals surface area contributed by atoms with Crippen molar-refractivity contribution < 1.29 is 13.5 Å². The molecule has 0 bridgehead atoms. The van der Waals surface area contributed by atoms with Gasteiger partial charge in [0.25, 0.3) is 0 Å². The van der Waals surface area contributed by atoms with E-state index in [0.29, 0.717) is 18.6 Å². The van der Waals surface area contributed by atoms with Crippen molar-refractivity contribution in [1.29, 1.82) is 0 Å². The molecule has 2 unspecified atom stereocenters. The van der Waals surface area contributed by atoms with Crippen LogP contribution in [0.3, 0.4) is 0 Å². The summed E-state index contributed by atoms with van der Waals surface area (Å²) in [6.07, 6.45) is 1.01. The van der Waals surface area contributed by atoms with Crippen LogP contribution in [0.15, 0.2) is 0 Å². The molecule has 2 saturated heterocycles. The van der Waals surface area contributed by atoms with Crippen molar-refractivity contribution in [1.82, 2.24) is 0 Å². The van der Waals surface area contributed by atoms with Gasteiger partial charge in [-0.05, 0) is 18.6 Å². The zero-order chi connectivity index (χ0) is 10.4. The van der Waals surface area contributed by atoms with Crippen molar-refractivity contribution in [2.45, 2.75) is 24.0 Å². The van der Waals surface area contributed by atoms with Crippen LogP contribution in [0.2, 0.25) is 0 Å². The van der Waals surface area contributed by atoms with Crippen LogP contribution in [0.1, 0.15) is 12.8 Å². The zero-order valence-corrected chi connectivity index (χ0v) is 9.53. The van der Waals surface area contributed by atoms with E-state index in [9.17, 15) is 13.5 Å². The lowest BCUT2D eigenvalue weighted by atomic mass is 9.79. The highest BCUT2D eigenvalue weighted by atomic mass is 32.2. The lowest BCUT2D eigenvalue weighted by Gasteiger charge is -2.38. The maximum atomic E-state index is 11.3. The number of aliphatic hydroxyl groups is 1. The Morgan fingerprint density at radius 1 is 1.36 bits per heavy atom. The molecule has 2 heterocycles. The molecule has 0 saturated carbocycles. The van der Waals surface area contributed by atoms with Crippen molar-refractivity contribution in [3.05, 3.63) is 0 Å². The second-order valence-electron chi connectivity index (χ2n) is 4.33. The fourth-order valence-corrected chi connectivity index (χ4v) is 5.56. The number of thioether (sulfide) groups is 1. The summed E-state index contributed by atoms with van der Waals surface area (Å²) in [6, 6.07) is 0. The summed E-state index contributed by atoms with van der Waals surface area (Å²) >= 11 is 1.69. The van der Waals surface area contributed by atoms with Crippen LogP contribution in [0.4, 0.5) is 0 Å². The summed E-state index contributed by atoms with van der Waals surface area (Å²) < 4.78 is 22.6. The van der Waals surface area contributed by atoms with Crippen molar-refractivity contribution in [3.63, 3.8) is 0 Å². The summed E-state index contributed by atoms with van der Waals surface area (Å²) in [5.74, 6) is 1.50. The largest absolute Gasteiger partial charge is 0.387 e. The monoisotopic (exact) mass is 237 g/mol. The molecule has 3 N–H and O–H groups in total. The molecule has 0 aliphatic carbocycles. The molecule has 0 spiro atoms. The van der Waals surface area contributed by atoms with Crippen molar-refractivity contribution in [2.24, 2.45) is 5.73 Å². The number of rotatable bonds is 1. The van der Waals surface area contributed by atoms with Crippen LogP contribution in [0.5, 0.6) is 0 Å². The maximum Gasteiger partial charge on any atom is 0.153 e. The van der Waals surface area contributed by atoms with E-state index in [1.807, 2.05) is 0 Å². The first-order chi connectivity index (χ1) is 6.37. The van der Waals surface area contributed by atoms with E-state index in [-0.39, 0.29) is 11.5 Å². The Morgan fingerprint density at radius 2 is 2.07 bits per heavy atom. The summed E-state index contributed by atoms with van der Waals surface area (Å²) in [5, 5.41) is 10.3. The summed E-state index contributed by atoms with van der Waals surface area (Å²) in [6.45, 7) is 0. The van der Waals surface area contributed by atoms with Gasteiger partial charge in [-0.15, -0.1) is 0 Å². The lowest BCUT2D eigenvalue weighted by molar-refractivity contribution is -0.00133.